The number of para-hydroxylation sites is 1. The second-order valence-electron chi connectivity index (χ2n) is 7.19. The maximum atomic E-state index is 13.2. The Hall–Kier alpha value is -2.82. The van der Waals surface area contributed by atoms with Gasteiger partial charge in [-0.2, -0.15) is 0 Å². The number of hydrogen-bond acceptors (Lipinski definition) is 3. The van der Waals surface area contributed by atoms with Crippen molar-refractivity contribution < 1.29 is 9.53 Å². The van der Waals surface area contributed by atoms with Gasteiger partial charge < -0.3 is 10.1 Å². The zero-order chi connectivity index (χ0) is 20.2. The van der Waals surface area contributed by atoms with E-state index in [9.17, 15) is 4.79 Å². The molecule has 4 rings (SSSR count). The maximum absolute atomic E-state index is 13.2. The molecule has 0 saturated carbocycles. The number of halogens is 1. The number of aryl methyl sites for hydroxylation is 1. The van der Waals surface area contributed by atoms with Crippen LogP contribution in [0.15, 0.2) is 72.8 Å². The van der Waals surface area contributed by atoms with Gasteiger partial charge in [0.05, 0.1) is 6.61 Å². The lowest BCUT2D eigenvalue weighted by molar-refractivity contribution is -0.118. The smallest absolute Gasteiger partial charge is 0.246 e. The minimum atomic E-state index is -0.507. The van der Waals surface area contributed by atoms with Crippen LogP contribution in [-0.2, 0) is 4.79 Å². The predicted molar refractivity (Wildman–Crippen MR) is 116 cm³/mol. The van der Waals surface area contributed by atoms with Gasteiger partial charge in [-0.05, 0) is 36.2 Å². The molecule has 0 fully saturated rings. The summed E-state index contributed by atoms with van der Waals surface area (Å²) in [6.45, 7) is 2.55. The van der Waals surface area contributed by atoms with Gasteiger partial charge in [-0.3, -0.25) is 10.1 Å². The van der Waals surface area contributed by atoms with E-state index in [4.69, 9.17) is 16.3 Å². The number of carbonyl (C=O) groups excluding carboxylic acids is 1. The molecule has 1 amide bonds. The summed E-state index contributed by atoms with van der Waals surface area (Å²) in [6.07, 6.45) is 0.796. The minimum Gasteiger partial charge on any atom is -0.493 e. The predicted octanol–water partition coefficient (Wildman–Crippen LogP) is 5.44. The SMILES string of the molecule is Cc1ccc(NC(=O)[C@@H](N[C@@H]2CCOc3ccccc32)c2ccccc2)cc1Cl. The van der Waals surface area contributed by atoms with Crippen molar-refractivity contribution >= 4 is 23.2 Å². The van der Waals surface area contributed by atoms with Crippen LogP contribution in [0.25, 0.3) is 0 Å². The van der Waals surface area contributed by atoms with Gasteiger partial charge in [0.25, 0.3) is 0 Å². The Balaban J connectivity index is 1.61. The zero-order valence-corrected chi connectivity index (χ0v) is 16.9. The van der Waals surface area contributed by atoms with Crippen LogP contribution < -0.4 is 15.4 Å². The summed E-state index contributed by atoms with van der Waals surface area (Å²) >= 11 is 6.22. The number of amides is 1. The third-order valence-electron chi connectivity index (χ3n) is 5.16. The maximum Gasteiger partial charge on any atom is 0.246 e. The van der Waals surface area contributed by atoms with E-state index < -0.39 is 6.04 Å². The molecule has 0 aromatic heterocycles. The number of benzene rings is 3. The molecule has 0 unspecified atom stereocenters. The number of nitrogens with one attached hydrogen (secondary N) is 2. The molecule has 2 N–H and O–H groups in total. The Kier molecular flexibility index (Phi) is 5.84. The number of carbonyl (C=O) groups is 1. The number of hydrogen-bond donors (Lipinski definition) is 2. The lowest BCUT2D eigenvalue weighted by Gasteiger charge is -2.30. The fourth-order valence-electron chi connectivity index (χ4n) is 3.57. The summed E-state index contributed by atoms with van der Waals surface area (Å²) in [4.78, 5) is 13.2. The first-order valence-corrected chi connectivity index (χ1v) is 10.1. The van der Waals surface area contributed by atoms with Crippen LogP contribution in [-0.4, -0.2) is 12.5 Å². The van der Waals surface area contributed by atoms with E-state index in [1.165, 1.54) is 0 Å². The van der Waals surface area contributed by atoms with Gasteiger partial charge in [0.1, 0.15) is 11.8 Å². The summed E-state index contributed by atoms with van der Waals surface area (Å²) in [5.74, 6) is 0.744. The summed E-state index contributed by atoms with van der Waals surface area (Å²) in [7, 11) is 0. The highest BCUT2D eigenvalue weighted by Crippen LogP contribution is 2.33. The summed E-state index contributed by atoms with van der Waals surface area (Å²) < 4.78 is 5.77. The van der Waals surface area contributed by atoms with Crippen molar-refractivity contribution in [3.05, 3.63) is 94.5 Å². The fraction of sp³-hybridized carbons (Fsp3) is 0.208. The van der Waals surface area contributed by atoms with Gasteiger partial charge in [-0.1, -0.05) is 66.2 Å². The van der Waals surface area contributed by atoms with Crippen molar-refractivity contribution in [2.75, 3.05) is 11.9 Å². The van der Waals surface area contributed by atoms with Crippen LogP contribution in [0, 0.1) is 6.92 Å². The Bertz CT molecular complexity index is 1010. The Morgan fingerprint density at radius 2 is 1.83 bits per heavy atom. The molecule has 1 aliphatic rings. The lowest BCUT2D eigenvalue weighted by atomic mass is 9.97. The van der Waals surface area contributed by atoms with Crippen LogP contribution >= 0.6 is 11.6 Å². The molecular formula is C24H23ClN2O2. The van der Waals surface area contributed by atoms with Crippen molar-refractivity contribution in [1.82, 2.24) is 5.32 Å². The van der Waals surface area contributed by atoms with Gasteiger partial charge in [-0.25, -0.2) is 0 Å². The van der Waals surface area contributed by atoms with E-state index in [-0.39, 0.29) is 11.9 Å². The summed E-state index contributed by atoms with van der Waals surface area (Å²) in [6, 6.07) is 22.8. The quantitative estimate of drug-likeness (QED) is 0.593. The molecule has 0 radical (unpaired) electrons. The summed E-state index contributed by atoms with van der Waals surface area (Å²) in [5, 5.41) is 7.18. The second kappa shape index (κ2) is 8.68. The van der Waals surface area contributed by atoms with E-state index in [0.717, 1.165) is 28.9 Å². The van der Waals surface area contributed by atoms with Crippen molar-refractivity contribution in [3.8, 4) is 5.75 Å². The number of rotatable bonds is 5. The van der Waals surface area contributed by atoms with Gasteiger partial charge in [0, 0.05) is 28.7 Å². The normalized spacial score (nSPS) is 16.4. The molecule has 3 aromatic rings. The minimum absolute atomic E-state index is 0.0255. The van der Waals surface area contributed by atoms with Gasteiger partial charge >= 0.3 is 0 Å². The summed E-state index contributed by atoms with van der Waals surface area (Å²) in [5.41, 5.74) is 3.64. The number of ether oxygens (including phenoxy) is 1. The molecule has 0 aliphatic carbocycles. The second-order valence-corrected chi connectivity index (χ2v) is 7.60. The van der Waals surface area contributed by atoms with E-state index in [0.29, 0.717) is 17.3 Å². The molecule has 5 heteroatoms. The molecule has 1 heterocycles. The largest absolute Gasteiger partial charge is 0.493 e. The average Bonchev–Trinajstić information content (AvgIpc) is 2.75. The van der Waals surface area contributed by atoms with Crippen molar-refractivity contribution in [3.63, 3.8) is 0 Å². The first-order chi connectivity index (χ1) is 14.1. The Labute approximate surface area is 175 Å². The van der Waals surface area contributed by atoms with Crippen LogP contribution in [0.1, 0.15) is 35.2 Å². The Morgan fingerprint density at radius 3 is 2.62 bits per heavy atom. The monoisotopic (exact) mass is 406 g/mol. The van der Waals surface area contributed by atoms with E-state index >= 15 is 0 Å². The molecule has 0 bridgehead atoms. The van der Waals surface area contributed by atoms with Gasteiger partial charge in [-0.15, -0.1) is 0 Å². The Morgan fingerprint density at radius 1 is 1.07 bits per heavy atom. The molecule has 29 heavy (non-hydrogen) atoms. The molecule has 3 aromatic carbocycles. The van der Waals surface area contributed by atoms with Gasteiger partial charge in [0.15, 0.2) is 0 Å². The van der Waals surface area contributed by atoms with Crippen molar-refractivity contribution in [2.45, 2.75) is 25.4 Å². The zero-order valence-electron chi connectivity index (χ0n) is 16.2. The number of anilines is 1. The van der Waals surface area contributed by atoms with E-state index in [1.807, 2.05) is 73.7 Å². The highest BCUT2D eigenvalue weighted by Gasteiger charge is 2.28. The molecule has 2 atom stereocenters. The van der Waals surface area contributed by atoms with E-state index in [1.54, 1.807) is 6.07 Å². The van der Waals surface area contributed by atoms with Crippen LogP contribution in [0.2, 0.25) is 5.02 Å². The van der Waals surface area contributed by atoms with Crippen molar-refractivity contribution in [2.24, 2.45) is 0 Å². The third kappa shape index (κ3) is 4.44. The molecule has 1 aliphatic heterocycles. The third-order valence-corrected chi connectivity index (χ3v) is 5.57. The fourth-order valence-corrected chi connectivity index (χ4v) is 3.75. The highest BCUT2D eigenvalue weighted by molar-refractivity contribution is 6.31. The van der Waals surface area contributed by atoms with Gasteiger partial charge in [0.2, 0.25) is 5.91 Å². The molecule has 4 nitrogen and oxygen atoms in total. The standard InChI is InChI=1S/C24H23ClN2O2/c1-16-11-12-18(15-20(16)25)26-24(28)23(17-7-3-2-4-8-17)27-21-13-14-29-22-10-6-5-9-19(21)22/h2-12,15,21,23,27H,13-14H2,1H3,(H,26,28)/t21-,23+/m1/s1. The molecule has 0 spiro atoms. The highest BCUT2D eigenvalue weighted by atomic mass is 35.5. The average molecular weight is 407 g/mol. The first kappa shape index (κ1) is 19.5. The van der Waals surface area contributed by atoms with Crippen LogP contribution in [0.5, 0.6) is 5.75 Å². The van der Waals surface area contributed by atoms with Crippen LogP contribution in [0.3, 0.4) is 0 Å². The molecule has 0 saturated heterocycles. The molecular weight excluding hydrogens is 384 g/mol. The first-order valence-electron chi connectivity index (χ1n) is 9.71. The van der Waals surface area contributed by atoms with Crippen molar-refractivity contribution in [1.29, 1.82) is 0 Å². The lowest BCUT2D eigenvalue weighted by Crippen LogP contribution is -2.37. The van der Waals surface area contributed by atoms with Crippen LogP contribution in [0.4, 0.5) is 5.69 Å². The van der Waals surface area contributed by atoms with E-state index in [2.05, 4.69) is 10.6 Å². The number of fused-ring (bicyclic) bond motifs is 1. The topological polar surface area (TPSA) is 50.4 Å². The molecule has 148 valence electrons.